The molecule has 1 rings (SSSR count). The zero-order chi connectivity index (χ0) is 15.0. The van der Waals surface area contributed by atoms with Crippen molar-refractivity contribution in [2.75, 3.05) is 0 Å². The molecule has 2 N–H and O–H groups in total. The van der Waals surface area contributed by atoms with Gasteiger partial charge in [0.2, 0.25) is 0 Å². The van der Waals surface area contributed by atoms with Crippen LogP contribution < -0.4 is 10.2 Å². The number of rotatable bonds is 3. The van der Waals surface area contributed by atoms with Gasteiger partial charge in [0.05, 0.1) is 0 Å². The Balaban J connectivity index is 3.16. The van der Waals surface area contributed by atoms with E-state index in [9.17, 15) is 0 Å². The molecule has 106 valence electrons. The second kappa shape index (κ2) is 5.53. The maximum atomic E-state index is 6.34. The van der Waals surface area contributed by atoms with Gasteiger partial charge in [-0.05, 0) is 0 Å². The molecule has 0 bridgehead atoms. The molecule has 4 heteroatoms. The van der Waals surface area contributed by atoms with Crippen LogP contribution >= 0.6 is 0 Å². The van der Waals surface area contributed by atoms with E-state index in [1.54, 1.807) is 0 Å². The Kier molecular flexibility index (Phi) is 4.85. The molecule has 0 aliphatic carbocycles. The first-order valence-electron chi connectivity index (χ1n) is 6.56. The Morgan fingerprint density at radius 1 is 1.16 bits per heavy atom. The molecule has 0 aliphatic rings. The zero-order valence-corrected chi connectivity index (χ0v) is 15.3. The van der Waals surface area contributed by atoms with Gasteiger partial charge in [-0.2, -0.15) is 0 Å². The average Bonchev–Trinajstić information content (AvgIpc) is 2.12. The van der Waals surface area contributed by atoms with Gasteiger partial charge in [-0.1, -0.05) is 0 Å². The maximum absolute atomic E-state index is 6.34. The summed E-state index contributed by atoms with van der Waals surface area (Å²) in [5.74, 6) is 0.964. The first kappa shape index (κ1) is 16.7. The van der Waals surface area contributed by atoms with Gasteiger partial charge in [0, 0.05) is 0 Å². The SMILES string of the molecule is Cc1cc(O[Si](C)(C)C(C)(C)C)cc(C)c1[C](N)=[Cr]. The van der Waals surface area contributed by atoms with Crippen molar-refractivity contribution >= 4 is 12.8 Å². The van der Waals surface area contributed by atoms with Crippen molar-refractivity contribution in [1.82, 2.24) is 0 Å². The van der Waals surface area contributed by atoms with Crippen LogP contribution in [0.2, 0.25) is 18.1 Å². The van der Waals surface area contributed by atoms with E-state index in [1.807, 2.05) is 0 Å². The fraction of sp³-hybridized carbons (Fsp3) is 0.533. The van der Waals surface area contributed by atoms with Crippen LogP contribution in [0, 0.1) is 13.8 Å². The fourth-order valence-corrected chi connectivity index (χ4v) is 3.34. The quantitative estimate of drug-likeness (QED) is 0.864. The van der Waals surface area contributed by atoms with Crippen molar-refractivity contribution in [3.63, 3.8) is 0 Å². The molecule has 0 spiro atoms. The molecular weight excluding hydrogens is 290 g/mol. The first-order chi connectivity index (χ1) is 8.45. The second-order valence-corrected chi connectivity index (χ2v) is 12.1. The van der Waals surface area contributed by atoms with Crippen LogP contribution in [0.1, 0.15) is 37.5 Å². The summed E-state index contributed by atoms with van der Waals surface area (Å²) in [6.07, 6.45) is 0. The van der Waals surface area contributed by atoms with E-state index >= 15 is 0 Å². The zero-order valence-electron chi connectivity index (χ0n) is 13.0. The van der Waals surface area contributed by atoms with Crippen LogP contribution in [-0.2, 0) is 15.9 Å². The van der Waals surface area contributed by atoms with Gasteiger partial charge in [-0.25, -0.2) is 0 Å². The van der Waals surface area contributed by atoms with Crippen LogP contribution in [0.15, 0.2) is 12.1 Å². The van der Waals surface area contributed by atoms with Crippen LogP contribution in [0.25, 0.3) is 0 Å². The topological polar surface area (TPSA) is 35.2 Å². The van der Waals surface area contributed by atoms with E-state index in [2.05, 4.69) is 75.7 Å². The molecule has 0 saturated carbocycles. The number of nitrogens with two attached hydrogens (primary N) is 1. The van der Waals surface area contributed by atoms with Crippen LogP contribution in [0.5, 0.6) is 5.75 Å². The Morgan fingerprint density at radius 3 is 1.89 bits per heavy atom. The standard InChI is InChI=1S/C15H25NOSi.Cr/c1-11-8-13(9-12(2)14(11)10-16)17-18(6,7)15(3,4)5;/h8-9H,16H2,1-7H3;. The second-order valence-electron chi connectivity index (χ2n) is 6.66. The van der Waals surface area contributed by atoms with E-state index in [0.717, 1.165) is 26.9 Å². The minimum absolute atomic E-state index is 0.206. The van der Waals surface area contributed by atoms with E-state index in [-0.39, 0.29) is 5.04 Å². The van der Waals surface area contributed by atoms with Crippen molar-refractivity contribution in [2.45, 2.75) is 52.8 Å². The summed E-state index contributed by atoms with van der Waals surface area (Å²) in [5, 5.41) is 0.206. The van der Waals surface area contributed by atoms with Crippen LogP contribution in [0.3, 0.4) is 0 Å². The van der Waals surface area contributed by atoms with E-state index < -0.39 is 8.32 Å². The third kappa shape index (κ3) is 3.79. The molecule has 0 amide bonds. The molecule has 0 aliphatic heterocycles. The average molecular weight is 315 g/mol. The number of benzene rings is 1. The Labute approximate surface area is 126 Å². The first-order valence-corrected chi connectivity index (χ1v) is 10.1. The number of aryl methyl sites for hydroxylation is 2. The van der Waals surface area contributed by atoms with Gasteiger partial charge in [0.15, 0.2) is 0 Å². The molecule has 0 atom stereocenters. The summed E-state index contributed by atoms with van der Waals surface area (Å²) in [6.45, 7) is 15.4. The number of hydrogen-bond acceptors (Lipinski definition) is 2. The molecule has 0 heterocycles. The molecule has 0 unspecified atom stereocenters. The van der Waals surface area contributed by atoms with Gasteiger partial charge in [0.25, 0.3) is 0 Å². The third-order valence-corrected chi connectivity index (χ3v) is 8.61. The van der Waals surface area contributed by atoms with Crippen molar-refractivity contribution in [1.29, 1.82) is 0 Å². The van der Waals surface area contributed by atoms with Crippen molar-refractivity contribution in [2.24, 2.45) is 5.73 Å². The molecule has 0 radical (unpaired) electrons. The van der Waals surface area contributed by atoms with Gasteiger partial charge < -0.3 is 0 Å². The van der Waals surface area contributed by atoms with Crippen molar-refractivity contribution < 1.29 is 20.3 Å². The van der Waals surface area contributed by atoms with Crippen LogP contribution in [-0.4, -0.2) is 12.8 Å². The molecule has 1 aromatic carbocycles. The van der Waals surface area contributed by atoms with Gasteiger partial charge >= 0.3 is 126 Å². The van der Waals surface area contributed by atoms with Crippen molar-refractivity contribution in [3.05, 3.63) is 28.8 Å². The summed E-state index contributed by atoms with van der Waals surface area (Å²) in [5.41, 5.74) is 9.31. The normalized spacial score (nSPS) is 12.4. The Morgan fingerprint density at radius 2 is 1.58 bits per heavy atom. The van der Waals surface area contributed by atoms with E-state index in [4.69, 9.17) is 10.2 Å². The molecule has 19 heavy (non-hydrogen) atoms. The summed E-state index contributed by atoms with van der Waals surface area (Å²) in [6, 6.07) is 4.18. The predicted octanol–water partition coefficient (Wildman–Crippen LogP) is 3.67. The Hall–Kier alpha value is -0.401. The number of hydrogen-bond donors (Lipinski definition) is 1. The molecule has 0 fully saturated rings. The summed E-state index contributed by atoms with van der Waals surface area (Å²) in [4.78, 5) is 0. The Bertz CT molecular complexity index is 480. The van der Waals surface area contributed by atoms with Gasteiger partial charge in [-0.15, -0.1) is 0 Å². The van der Waals surface area contributed by atoms with Crippen LogP contribution in [0.4, 0.5) is 0 Å². The molecule has 1 aromatic rings. The minimum atomic E-state index is -1.78. The third-order valence-electron chi connectivity index (χ3n) is 3.93. The molecule has 2 nitrogen and oxygen atoms in total. The fourth-order valence-electron chi connectivity index (χ4n) is 1.82. The van der Waals surface area contributed by atoms with Gasteiger partial charge in [0.1, 0.15) is 0 Å². The summed E-state index contributed by atoms with van der Waals surface area (Å²) < 4.78 is 7.09. The predicted molar refractivity (Wildman–Crippen MR) is 82.0 cm³/mol. The molecular formula is C15H25CrNOSi. The van der Waals surface area contributed by atoms with E-state index in [0.29, 0.717) is 0 Å². The molecule has 0 aromatic heterocycles. The van der Waals surface area contributed by atoms with Gasteiger partial charge in [-0.3, -0.25) is 0 Å². The van der Waals surface area contributed by atoms with Crippen molar-refractivity contribution in [3.8, 4) is 5.75 Å². The summed E-state index contributed by atoms with van der Waals surface area (Å²) >= 11 is 2.89. The monoisotopic (exact) mass is 315 g/mol. The van der Waals surface area contributed by atoms with E-state index in [1.165, 1.54) is 0 Å². The summed E-state index contributed by atoms with van der Waals surface area (Å²) in [7, 11) is -1.78. The molecule has 0 saturated heterocycles.